The first-order chi connectivity index (χ1) is 3.12. The van der Waals surface area contributed by atoms with Crippen molar-refractivity contribution in [1.82, 2.24) is 0 Å². The summed E-state index contributed by atoms with van der Waals surface area (Å²) in [5.74, 6) is 0. The average molecular weight is 175 g/mol. The first kappa shape index (κ1) is 11.5. The Balaban J connectivity index is 0. The van der Waals surface area contributed by atoms with E-state index in [0.29, 0.717) is 0 Å². The van der Waals surface area contributed by atoms with Gasteiger partial charge in [0.25, 0.3) is 0 Å². The van der Waals surface area contributed by atoms with Gasteiger partial charge in [-0.1, -0.05) is 0 Å². The van der Waals surface area contributed by atoms with Gasteiger partial charge in [-0.05, 0) is 0 Å². The summed E-state index contributed by atoms with van der Waals surface area (Å²) in [5, 5.41) is 0. The standard InChI is InChI=1S/C3H9O3P.V/c1-5-7(3,4)6-2;/h1-3H3;. The molecule has 0 saturated heterocycles. The fraction of sp³-hybridized carbons (Fsp3) is 1.00. The van der Waals surface area contributed by atoms with Gasteiger partial charge in [-0.2, -0.15) is 0 Å². The van der Waals surface area contributed by atoms with E-state index >= 15 is 0 Å². The van der Waals surface area contributed by atoms with Gasteiger partial charge in [0.05, 0.1) is 0 Å². The third kappa shape index (κ3) is 4.88. The minimum absolute atomic E-state index is 0. The second kappa shape index (κ2) is 4.60. The Kier molecular flexibility index (Phi) is 6.62. The van der Waals surface area contributed by atoms with Gasteiger partial charge in [-0.25, -0.2) is 0 Å². The summed E-state index contributed by atoms with van der Waals surface area (Å²) in [6.07, 6.45) is 0. The Bertz CT molecular complexity index is 86.5. The van der Waals surface area contributed by atoms with E-state index in [-0.39, 0.29) is 18.6 Å². The molecule has 0 aromatic rings. The van der Waals surface area contributed by atoms with Crippen molar-refractivity contribution in [1.29, 1.82) is 0 Å². The molecule has 0 saturated carbocycles. The maximum atomic E-state index is 10.5. The molecule has 8 heavy (non-hydrogen) atoms. The van der Waals surface area contributed by atoms with E-state index in [9.17, 15) is 4.57 Å². The molecule has 0 rings (SSSR count). The van der Waals surface area contributed by atoms with E-state index < -0.39 is 7.60 Å². The van der Waals surface area contributed by atoms with Crippen LogP contribution in [0.3, 0.4) is 0 Å². The van der Waals surface area contributed by atoms with Crippen molar-refractivity contribution in [2.75, 3.05) is 20.9 Å². The maximum Gasteiger partial charge on any atom is 0.327 e. The molecule has 0 N–H and O–H groups in total. The Hall–Kier alpha value is 0.734. The SMILES string of the molecule is COP(C)(=O)OC.[V]. The third-order valence-electron chi connectivity index (χ3n) is 0.663. The molecule has 0 aromatic heterocycles. The maximum absolute atomic E-state index is 10.5. The van der Waals surface area contributed by atoms with Gasteiger partial charge in [-0.15, -0.1) is 0 Å². The Morgan fingerprint density at radius 2 is 1.50 bits per heavy atom. The van der Waals surface area contributed by atoms with Crippen molar-refractivity contribution in [2.45, 2.75) is 0 Å². The first-order valence-electron chi connectivity index (χ1n) is 1.81. The molecule has 3 nitrogen and oxygen atoms in total. The molecule has 1 radical (unpaired) electrons. The summed E-state index contributed by atoms with van der Waals surface area (Å²) in [5.41, 5.74) is 0. The van der Waals surface area contributed by atoms with Crippen molar-refractivity contribution in [2.24, 2.45) is 0 Å². The van der Waals surface area contributed by atoms with Crippen LogP contribution in [0.25, 0.3) is 0 Å². The number of hydrogen-bond acceptors (Lipinski definition) is 3. The van der Waals surface area contributed by atoms with Gasteiger partial charge < -0.3 is 9.05 Å². The molecule has 0 aliphatic heterocycles. The van der Waals surface area contributed by atoms with E-state index in [1.54, 1.807) is 0 Å². The van der Waals surface area contributed by atoms with E-state index in [1.165, 1.54) is 20.9 Å². The molecule has 0 heterocycles. The van der Waals surface area contributed by atoms with Gasteiger partial charge >= 0.3 is 7.60 Å². The van der Waals surface area contributed by atoms with Gasteiger partial charge in [-0.3, -0.25) is 4.57 Å². The van der Waals surface area contributed by atoms with E-state index in [2.05, 4.69) is 9.05 Å². The Morgan fingerprint density at radius 1 is 1.25 bits per heavy atom. The normalized spacial score (nSPS) is 10.4. The smallest absolute Gasteiger partial charge is 0.312 e. The summed E-state index contributed by atoms with van der Waals surface area (Å²) in [4.78, 5) is 0. The molecule has 0 spiro atoms. The van der Waals surface area contributed by atoms with Crippen molar-refractivity contribution in [3.63, 3.8) is 0 Å². The van der Waals surface area contributed by atoms with E-state index in [4.69, 9.17) is 0 Å². The second-order valence-corrected chi connectivity index (χ2v) is 3.41. The molecule has 0 bridgehead atoms. The zero-order chi connectivity index (χ0) is 5.91. The molecule has 0 aromatic carbocycles. The van der Waals surface area contributed by atoms with Crippen LogP contribution in [-0.4, -0.2) is 20.9 Å². The number of rotatable bonds is 2. The molecule has 0 atom stereocenters. The summed E-state index contributed by atoms with van der Waals surface area (Å²) in [6, 6.07) is 0. The van der Waals surface area contributed by atoms with Crippen molar-refractivity contribution in [3.05, 3.63) is 0 Å². The summed E-state index contributed by atoms with van der Waals surface area (Å²) in [7, 11) is 0.0486. The topological polar surface area (TPSA) is 35.5 Å². The van der Waals surface area contributed by atoms with Gasteiger partial charge in [0.2, 0.25) is 0 Å². The monoisotopic (exact) mass is 175 g/mol. The van der Waals surface area contributed by atoms with Gasteiger partial charge in [0.15, 0.2) is 0 Å². The van der Waals surface area contributed by atoms with E-state index in [1.807, 2.05) is 0 Å². The van der Waals surface area contributed by atoms with Crippen LogP contribution in [-0.2, 0) is 32.2 Å². The molecular weight excluding hydrogens is 166 g/mol. The Labute approximate surface area is 61.2 Å². The van der Waals surface area contributed by atoms with Crippen molar-refractivity contribution >= 4 is 7.60 Å². The average Bonchev–Trinajstić information content (AvgIpc) is 1.68. The van der Waals surface area contributed by atoms with Crippen LogP contribution in [0.5, 0.6) is 0 Å². The van der Waals surface area contributed by atoms with Gasteiger partial charge in [0.1, 0.15) is 0 Å². The molecule has 0 aliphatic carbocycles. The van der Waals surface area contributed by atoms with Gasteiger partial charge in [0, 0.05) is 39.4 Å². The zero-order valence-corrected chi connectivity index (χ0v) is 7.41. The Morgan fingerprint density at radius 3 is 1.50 bits per heavy atom. The molecule has 0 amide bonds. The van der Waals surface area contributed by atoms with Crippen LogP contribution in [0.4, 0.5) is 0 Å². The minimum Gasteiger partial charge on any atom is -0.312 e. The summed E-state index contributed by atoms with van der Waals surface area (Å²) < 4.78 is 19.3. The summed E-state index contributed by atoms with van der Waals surface area (Å²) >= 11 is 0. The van der Waals surface area contributed by atoms with Crippen LogP contribution in [0.1, 0.15) is 0 Å². The third-order valence-corrected chi connectivity index (χ3v) is 1.99. The predicted molar refractivity (Wildman–Crippen MR) is 27.5 cm³/mol. The molecule has 5 heteroatoms. The zero-order valence-electron chi connectivity index (χ0n) is 5.12. The molecule has 49 valence electrons. The van der Waals surface area contributed by atoms with Crippen LogP contribution >= 0.6 is 7.60 Å². The van der Waals surface area contributed by atoms with Crippen LogP contribution in [0.2, 0.25) is 0 Å². The van der Waals surface area contributed by atoms with E-state index in [0.717, 1.165) is 0 Å². The predicted octanol–water partition coefficient (Wildman–Crippen LogP) is 1.10. The van der Waals surface area contributed by atoms with Crippen molar-refractivity contribution in [3.8, 4) is 0 Å². The molecular formula is C3H9O3PV. The first-order valence-corrected chi connectivity index (χ1v) is 3.80. The minimum atomic E-state index is -2.65. The second-order valence-electron chi connectivity index (χ2n) is 1.14. The van der Waals surface area contributed by atoms with Crippen LogP contribution < -0.4 is 0 Å². The summed E-state index contributed by atoms with van der Waals surface area (Å²) in [6.45, 7) is 1.41. The molecule has 0 fully saturated rings. The molecule has 0 unspecified atom stereocenters. The van der Waals surface area contributed by atoms with Crippen LogP contribution in [0, 0.1) is 0 Å². The van der Waals surface area contributed by atoms with Crippen molar-refractivity contribution < 1.29 is 32.2 Å². The fourth-order valence-corrected chi connectivity index (χ4v) is 0.224. The molecule has 0 aliphatic rings. The fourth-order valence-electron chi connectivity index (χ4n) is 0.0745. The largest absolute Gasteiger partial charge is 0.327 e. The number of hydrogen-bond donors (Lipinski definition) is 0. The quantitative estimate of drug-likeness (QED) is 0.589. The van der Waals surface area contributed by atoms with Crippen LogP contribution in [0.15, 0.2) is 0 Å².